The molecule has 1 aromatic rings. The predicted molar refractivity (Wildman–Crippen MR) is 62.5 cm³/mol. The Morgan fingerprint density at radius 3 is 2.27 bits per heavy atom. The predicted octanol–water partition coefficient (Wildman–Crippen LogP) is 3.39. The molecule has 2 heteroatoms. The molecule has 0 atom stereocenters. The molecule has 2 nitrogen and oxygen atoms in total. The minimum atomic E-state index is -0.259. The van der Waals surface area contributed by atoms with Gasteiger partial charge in [0.25, 0.3) is 0 Å². The van der Waals surface area contributed by atoms with Gasteiger partial charge in [-0.1, -0.05) is 26.7 Å². The fraction of sp³-hybridized carbons (Fsp3) is 0.615. The summed E-state index contributed by atoms with van der Waals surface area (Å²) in [5.74, 6) is 0. The van der Waals surface area contributed by atoms with Gasteiger partial charge in [-0.3, -0.25) is 0 Å². The third-order valence-electron chi connectivity index (χ3n) is 2.95. The Morgan fingerprint density at radius 1 is 1.33 bits per heavy atom. The molecule has 1 rings (SSSR count). The maximum Gasteiger partial charge on any atom is 0.0836 e. The molecule has 0 fully saturated rings. The Hall–Kier alpha value is -1.23. The molecular weight excluding hydrogens is 184 g/mol. The minimum Gasteiger partial charge on any atom is -0.357 e. The quantitative estimate of drug-likeness (QED) is 0.722. The summed E-state index contributed by atoms with van der Waals surface area (Å²) in [7, 11) is 2.00. The van der Waals surface area contributed by atoms with Gasteiger partial charge in [0, 0.05) is 19.4 Å². The van der Waals surface area contributed by atoms with E-state index in [0.717, 1.165) is 25.7 Å². The second-order valence-corrected chi connectivity index (χ2v) is 4.26. The molecule has 0 radical (unpaired) electrons. The van der Waals surface area contributed by atoms with Crippen LogP contribution in [-0.2, 0) is 12.5 Å². The topological polar surface area (TPSA) is 28.7 Å². The Bertz CT molecular complexity index is 338. The summed E-state index contributed by atoms with van der Waals surface area (Å²) < 4.78 is 2.02. The van der Waals surface area contributed by atoms with E-state index in [0.29, 0.717) is 0 Å². The highest BCUT2D eigenvalue weighted by Crippen LogP contribution is 2.33. The summed E-state index contributed by atoms with van der Waals surface area (Å²) in [5.41, 5.74) is 0.918. The van der Waals surface area contributed by atoms with Gasteiger partial charge in [-0.05, 0) is 24.5 Å². The van der Waals surface area contributed by atoms with Crippen molar-refractivity contribution in [2.24, 2.45) is 7.05 Å². The second kappa shape index (κ2) is 5.02. The first-order valence-electron chi connectivity index (χ1n) is 5.72. The number of rotatable bonds is 5. The van der Waals surface area contributed by atoms with Gasteiger partial charge in [0.1, 0.15) is 0 Å². The molecule has 0 saturated carbocycles. The normalized spacial score (nSPS) is 11.3. The van der Waals surface area contributed by atoms with Crippen LogP contribution in [0.3, 0.4) is 0 Å². The largest absolute Gasteiger partial charge is 0.357 e. The van der Waals surface area contributed by atoms with Crippen molar-refractivity contribution in [3.8, 4) is 6.07 Å². The number of hydrogen-bond donors (Lipinski definition) is 0. The van der Waals surface area contributed by atoms with E-state index in [9.17, 15) is 5.26 Å². The van der Waals surface area contributed by atoms with E-state index >= 15 is 0 Å². The van der Waals surface area contributed by atoms with Gasteiger partial charge in [0.15, 0.2) is 0 Å². The zero-order valence-electron chi connectivity index (χ0n) is 9.95. The van der Waals surface area contributed by atoms with E-state index < -0.39 is 0 Å². The summed E-state index contributed by atoms with van der Waals surface area (Å²) in [6.07, 6.45) is 8.13. The summed E-state index contributed by atoms with van der Waals surface area (Å²) in [6.45, 7) is 4.29. The average Bonchev–Trinajstić information content (AvgIpc) is 2.65. The fourth-order valence-electron chi connectivity index (χ4n) is 2.23. The Morgan fingerprint density at radius 2 is 1.93 bits per heavy atom. The lowest BCUT2D eigenvalue weighted by Crippen LogP contribution is -2.23. The molecule has 0 spiro atoms. The van der Waals surface area contributed by atoms with Crippen LogP contribution in [0.25, 0.3) is 0 Å². The maximum absolute atomic E-state index is 9.44. The molecule has 0 amide bonds. The first-order valence-corrected chi connectivity index (χ1v) is 5.72. The van der Waals surface area contributed by atoms with Crippen LogP contribution in [0, 0.1) is 11.3 Å². The van der Waals surface area contributed by atoms with Crippen LogP contribution < -0.4 is 0 Å². The molecule has 0 aliphatic heterocycles. The van der Waals surface area contributed by atoms with Crippen molar-refractivity contribution in [1.29, 1.82) is 5.26 Å². The zero-order chi connectivity index (χ0) is 11.3. The van der Waals surface area contributed by atoms with Crippen molar-refractivity contribution < 1.29 is 0 Å². The molecular formula is C13H20N2. The van der Waals surface area contributed by atoms with Crippen molar-refractivity contribution >= 4 is 0 Å². The van der Waals surface area contributed by atoms with E-state index in [-0.39, 0.29) is 5.41 Å². The molecule has 82 valence electrons. The van der Waals surface area contributed by atoms with Crippen molar-refractivity contribution in [2.75, 3.05) is 0 Å². The lowest BCUT2D eigenvalue weighted by Gasteiger charge is -2.24. The van der Waals surface area contributed by atoms with Crippen LogP contribution >= 0.6 is 0 Å². The number of aryl methyl sites for hydroxylation is 1. The standard InChI is InChI=1S/C13H20N2/c1-4-7-13(11-14,8-5-2)12-6-9-15(3)10-12/h6,9-10H,4-5,7-8H2,1-3H3. The van der Waals surface area contributed by atoms with Gasteiger partial charge < -0.3 is 4.57 Å². The van der Waals surface area contributed by atoms with Crippen molar-refractivity contribution in [1.82, 2.24) is 4.57 Å². The Kier molecular flexibility index (Phi) is 3.96. The maximum atomic E-state index is 9.44. The van der Waals surface area contributed by atoms with Crippen LogP contribution in [0.5, 0.6) is 0 Å². The molecule has 0 saturated heterocycles. The van der Waals surface area contributed by atoms with Gasteiger partial charge in [0.2, 0.25) is 0 Å². The first-order chi connectivity index (χ1) is 7.18. The first kappa shape index (κ1) is 11.8. The van der Waals surface area contributed by atoms with E-state index in [2.05, 4.69) is 32.2 Å². The third-order valence-corrected chi connectivity index (χ3v) is 2.95. The summed E-state index contributed by atoms with van der Waals surface area (Å²) in [6, 6.07) is 4.61. The third kappa shape index (κ3) is 2.41. The summed E-state index contributed by atoms with van der Waals surface area (Å²) >= 11 is 0. The number of nitrogens with zero attached hydrogens (tertiary/aromatic N) is 2. The van der Waals surface area contributed by atoms with Crippen LogP contribution in [0.15, 0.2) is 18.5 Å². The highest BCUT2D eigenvalue weighted by Gasteiger charge is 2.30. The van der Waals surface area contributed by atoms with Crippen molar-refractivity contribution in [2.45, 2.75) is 44.9 Å². The summed E-state index contributed by atoms with van der Waals surface area (Å²) in [4.78, 5) is 0. The van der Waals surface area contributed by atoms with Crippen molar-refractivity contribution in [3.05, 3.63) is 24.0 Å². The molecule has 0 aliphatic carbocycles. The smallest absolute Gasteiger partial charge is 0.0836 e. The number of hydrogen-bond acceptors (Lipinski definition) is 1. The van der Waals surface area contributed by atoms with Gasteiger partial charge >= 0.3 is 0 Å². The van der Waals surface area contributed by atoms with Gasteiger partial charge in [-0.2, -0.15) is 5.26 Å². The number of aromatic nitrogens is 1. The fourth-order valence-corrected chi connectivity index (χ4v) is 2.23. The Balaban J connectivity index is 3.04. The zero-order valence-corrected chi connectivity index (χ0v) is 9.95. The average molecular weight is 204 g/mol. The van der Waals surface area contributed by atoms with Crippen LogP contribution in [0.1, 0.15) is 45.1 Å². The molecule has 0 aliphatic rings. The molecule has 1 aromatic heterocycles. The lowest BCUT2D eigenvalue weighted by molar-refractivity contribution is 0.453. The Labute approximate surface area is 92.5 Å². The van der Waals surface area contributed by atoms with E-state index in [1.807, 2.05) is 17.8 Å². The van der Waals surface area contributed by atoms with Gasteiger partial charge in [0.05, 0.1) is 11.5 Å². The molecule has 0 unspecified atom stereocenters. The van der Waals surface area contributed by atoms with Crippen molar-refractivity contribution in [3.63, 3.8) is 0 Å². The molecule has 15 heavy (non-hydrogen) atoms. The SMILES string of the molecule is CCCC(C#N)(CCC)c1ccn(C)c1. The highest BCUT2D eigenvalue weighted by atomic mass is 14.9. The highest BCUT2D eigenvalue weighted by molar-refractivity contribution is 5.30. The molecule has 1 heterocycles. The van der Waals surface area contributed by atoms with Crippen LogP contribution in [0.4, 0.5) is 0 Å². The number of nitriles is 1. The summed E-state index contributed by atoms with van der Waals surface area (Å²) in [5, 5.41) is 9.44. The van der Waals surface area contributed by atoms with Gasteiger partial charge in [-0.25, -0.2) is 0 Å². The molecule has 0 N–H and O–H groups in total. The van der Waals surface area contributed by atoms with E-state index in [4.69, 9.17) is 0 Å². The monoisotopic (exact) mass is 204 g/mol. The van der Waals surface area contributed by atoms with E-state index in [1.54, 1.807) is 0 Å². The van der Waals surface area contributed by atoms with Crippen LogP contribution in [0.2, 0.25) is 0 Å². The van der Waals surface area contributed by atoms with Gasteiger partial charge in [-0.15, -0.1) is 0 Å². The molecule has 0 bridgehead atoms. The minimum absolute atomic E-state index is 0.259. The molecule has 0 aromatic carbocycles. The van der Waals surface area contributed by atoms with E-state index in [1.165, 1.54) is 5.56 Å². The van der Waals surface area contributed by atoms with Crippen LogP contribution in [-0.4, -0.2) is 4.57 Å². The lowest BCUT2D eigenvalue weighted by atomic mass is 9.76. The second-order valence-electron chi connectivity index (χ2n) is 4.26.